The number of imidazole rings is 1. The maximum absolute atomic E-state index is 5.43. The summed E-state index contributed by atoms with van der Waals surface area (Å²) in [6, 6.07) is 71.9. The van der Waals surface area contributed by atoms with E-state index in [0.29, 0.717) is 0 Å². The minimum atomic E-state index is 0.922. The van der Waals surface area contributed by atoms with Crippen molar-refractivity contribution in [3.8, 4) is 49.9 Å². The highest BCUT2D eigenvalue weighted by atomic mass is 32.1. The number of aromatic nitrogens is 3. The van der Waals surface area contributed by atoms with Gasteiger partial charge < -0.3 is 0 Å². The van der Waals surface area contributed by atoms with Gasteiger partial charge in [0.2, 0.25) is 0 Å². The molecule has 58 heavy (non-hydrogen) atoms. The Bertz CT molecular complexity index is 3510. The molecule has 4 heteroatoms. The molecular weight excluding hydrogens is 723 g/mol. The zero-order chi connectivity index (χ0) is 38.2. The third-order valence-corrected chi connectivity index (χ3v) is 12.9. The Morgan fingerprint density at radius 2 is 0.914 bits per heavy atom. The first-order valence-electron chi connectivity index (χ1n) is 19.7. The molecule has 0 N–H and O–H groups in total. The number of pyridine rings is 1. The standard InChI is InChI=1S/C54H33N3S/c1-3-15-34(16-4-1)51-50-49(37-31-32-43-41-21-8-7-19-39(41)40-20-9-10-22-42(40)45(43)33-37)52(58-53(50)44-23-11-12-24-46(44)55-51)35-27-29-36(30-28-35)54-56-47-25-13-14-26-48(47)57(54)38-17-5-2-6-18-38/h1-33H. The summed E-state index contributed by atoms with van der Waals surface area (Å²) < 4.78 is 3.51. The van der Waals surface area contributed by atoms with Crippen LogP contribution in [0.3, 0.4) is 0 Å². The second-order valence-corrected chi connectivity index (χ2v) is 15.9. The van der Waals surface area contributed by atoms with E-state index in [9.17, 15) is 0 Å². The number of fused-ring (bicyclic) bond motifs is 10. The lowest BCUT2D eigenvalue weighted by Crippen LogP contribution is -1.97. The molecule has 270 valence electrons. The van der Waals surface area contributed by atoms with E-state index in [-0.39, 0.29) is 0 Å². The maximum atomic E-state index is 5.43. The molecular formula is C54H33N3S. The fourth-order valence-electron chi connectivity index (χ4n) is 8.96. The monoisotopic (exact) mass is 755 g/mol. The van der Waals surface area contributed by atoms with Crippen LogP contribution in [0.2, 0.25) is 0 Å². The molecule has 0 aliphatic rings. The second-order valence-electron chi connectivity index (χ2n) is 14.9. The molecule has 0 aliphatic heterocycles. The Morgan fingerprint density at radius 1 is 0.379 bits per heavy atom. The Labute approximate surface area is 338 Å². The normalized spacial score (nSPS) is 11.8. The van der Waals surface area contributed by atoms with Crippen molar-refractivity contribution in [2.75, 3.05) is 0 Å². The lowest BCUT2D eigenvalue weighted by molar-refractivity contribution is 1.10. The minimum Gasteiger partial charge on any atom is -0.292 e. The third kappa shape index (κ3) is 5.05. The summed E-state index contributed by atoms with van der Waals surface area (Å²) in [5, 5.41) is 9.95. The quantitative estimate of drug-likeness (QED) is 0.164. The Morgan fingerprint density at radius 3 is 1.62 bits per heavy atom. The number of rotatable bonds is 5. The maximum Gasteiger partial charge on any atom is 0.145 e. The van der Waals surface area contributed by atoms with Gasteiger partial charge >= 0.3 is 0 Å². The molecule has 0 spiro atoms. The summed E-state index contributed by atoms with van der Waals surface area (Å²) in [5.74, 6) is 0.922. The predicted molar refractivity (Wildman–Crippen MR) is 246 cm³/mol. The van der Waals surface area contributed by atoms with Crippen molar-refractivity contribution in [1.29, 1.82) is 0 Å². The van der Waals surface area contributed by atoms with Crippen LogP contribution in [0.1, 0.15) is 0 Å². The predicted octanol–water partition coefficient (Wildman–Crippen LogP) is 14.9. The summed E-state index contributed by atoms with van der Waals surface area (Å²) in [6.07, 6.45) is 0. The first-order valence-corrected chi connectivity index (χ1v) is 20.5. The average molecular weight is 756 g/mol. The van der Waals surface area contributed by atoms with Crippen LogP contribution >= 0.6 is 11.3 Å². The summed E-state index contributed by atoms with van der Waals surface area (Å²) in [7, 11) is 0. The highest BCUT2D eigenvalue weighted by Gasteiger charge is 2.24. The SMILES string of the molecule is c1ccc(-c2nc3ccccc3c3sc(-c4ccc(-c5nc6ccccc6n5-c5ccccc5)cc4)c(-c4ccc5c6ccccc6c6ccccc6c5c4)c23)cc1. The van der Waals surface area contributed by atoms with Gasteiger partial charge in [0.05, 0.1) is 22.2 Å². The van der Waals surface area contributed by atoms with E-state index in [1.807, 2.05) is 11.3 Å². The van der Waals surface area contributed by atoms with E-state index < -0.39 is 0 Å². The molecule has 0 saturated heterocycles. The van der Waals surface area contributed by atoms with Crippen LogP contribution in [-0.2, 0) is 0 Å². The second kappa shape index (κ2) is 13.1. The lowest BCUT2D eigenvalue weighted by Gasteiger charge is -2.14. The summed E-state index contributed by atoms with van der Waals surface area (Å²) >= 11 is 1.87. The van der Waals surface area contributed by atoms with Crippen molar-refractivity contribution >= 4 is 75.7 Å². The number of nitrogens with zero attached hydrogens (tertiary/aromatic N) is 3. The Kier molecular flexibility index (Phi) is 7.40. The van der Waals surface area contributed by atoms with Gasteiger partial charge in [-0.1, -0.05) is 164 Å². The number of hydrogen-bond acceptors (Lipinski definition) is 3. The van der Waals surface area contributed by atoms with Gasteiger partial charge in [-0.2, -0.15) is 0 Å². The summed E-state index contributed by atoms with van der Waals surface area (Å²) in [5.41, 5.74) is 10.9. The summed E-state index contributed by atoms with van der Waals surface area (Å²) in [6.45, 7) is 0. The van der Waals surface area contributed by atoms with Gasteiger partial charge in [-0.25, -0.2) is 9.97 Å². The molecule has 0 aliphatic carbocycles. The van der Waals surface area contributed by atoms with Crippen LogP contribution in [0.4, 0.5) is 0 Å². The molecule has 0 bridgehead atoms. The van der Waals surface area contributed by atoms with Gasteiger partial charge in [0.1, 0.15) is 5.82 Å². The Hall–Kier alpha value is -7.40. The third-order valence-electron chi connectivity index (χ3n) is 11.6. The number of hydrogen-bond donors (Lipinski definition) is 0. The first-order chi connectivity index (χ1) is 28.8. The van der Waals surface area contributed by atoms with Crippen LogP contribution < -0.4 is 0 Å². The summed E-state index contributed by atoms with van der Waals surface area (Å²) in [4.78, 5) is 11.8. The van der Waals surface area contributed by atoms with Gasteiger partial charge in [0.25, 0.3) is 0 Å². The van der Waals surface area contributed by atoms with E-state index in [0.717, 1.165) is 50.4 Å². The van der Waals surface area contributed by atoms with Crippen LogP contribution in [-0.4, -0.2) is 14.5 Å². The molecule has 9 aromatic carbocycles. The van der Waals surface area contributed by atoms with E-state index in [1.165, 1.54) is 63.8 Å². The number of thiophene rings is 1. The zero-order valence-corrected chi connectivity index (χ0v) is 32.1. The van der Waals surface area contributed by atoms with Crippen molar-refractivity contribution in [2.24, 2.45) is 0 Å². The van der Waals surface area contributed by atoms with Gasteiger partial charge in [-0.05, 0) is 79.8 Å². The van der Waals surface area contributed by atoms with E-state index in [4.69, 9.17) is 9.97 Å². The molecule has 12 aromatic rings. The van der Waals surface area contributed by atoms with Gasteiger partial charge in [0.15, 0.2) is 0 Å². The average Bonchev–Trinajstić information content (AvgIpc) is 3.90. The smallest absolute Gasteiger partial charge is 0.145 e. The Balaban J connectivity index is 1.14. The molecule has 0 radical (unpaired) electrons. The molecule has 3 heterocycles. The largest absolute Gasteiger partial charge is 0.292 e. The highest BCUT2D eigenvalue weighted by Crippen LogP contribution is 2.51. The lowest BCUT2D eigenvalue weighted by atomic mass is 9.90. The molecule has 12 rings (SSSR count). The van der Waals surface area contributed by atoms with Crippen LogP contribution in [0, 0.1) is 0 Å². The first kappa shape index (κ1) is 32.8. The van der Waals surface area contributed by atoms with E-state index in [1.54, 1.807) is 0 Å². The molecule has 0 unspecified atom stereocenters. The highest BCUT2D eigenvalue weighted by molar-refractivity contribution is 7.24. The van der Waals surface area contributed by atoms with Crippen LogP contribution in [0.25, 0.3) is 114 Å². The van der Waals surface area contributed by atoms with Crippen molar-refractivity contribution in [3.63, 3.8) is 0 Å². The molecule has 3 aromatic heterocycles. The molecule has 0 atom stereocenters. The van der Waals surface area contributed by atoms with Crippen LogP contribution in [0.15, 0.2) is 200 Å². The minimum absolute atomic E-state index is 0.922. The van der Waals surface area contributed by atoms with Crippen molar-refractivity contribution < 1.29 is 0 Å². The molecule has 0 fully saturated rings. The van der Waals surface area contributed by atoms with E-state index in [2.05, 4.69) is 205 Å². The zero-order valence-electron chi connectivity index (χ0n) is 31.3. The number of para-hydroxylation sites is 4. The molecule has 0 amide bonds. The topological polar surface area (TPSA) is 30.7 Å². The van der Waals surface area contributed by atoms with Gasteiger partial charge in [0, 0.05) is 42.7 Å². The van der Waals surface area contributed by atoms with E-state index >= 15 is 0 Å². The fourth-order valence-corrected chi connectivity index (χ4v) is 10.3. The van der Waals surface area contributed by atoms with Crippen LogP contribution in [0.5, 0.6) is 0 Å². The van der Waals surface area contributed by atoms with Gasteiger partial charge in [-0.3, -0.25) is 4.57 Å². The van der Waals surface area contributed by atoms with Crippen molar-refractivity contribution in [3.05, 3.63) is 200 Å². The van der Waals surface area contributed by atoms with Crippen molar-refractivity contribution in [2.45, 2.75) is 0 Å². The molecule has 0 saturated carbocycles. The van der Waals surface area contributed by atoms with Crippen molar-refractivity contribution in [1.82, 2.24) is 14.5 Å². The van der Waals surface area contributed by atoms with Gasteiger partial charge in [-0.15, -0.1) is 11.3 Å². The fraction of sp³-hybridized carbons (Fsp3) is 0. The molecule has 3 nitrogen and oxygen atoms in total. The number of benzene rings is 9.